The van der Waals surface area contributed by atoms with Crippen molar-refractivity contribution in [3.05, 3.63) is 0 Å². The normalized spacial score (nSPS) is 15.6. The van der Waals surface area contributed by atoms with Gasteiger partial charge in [-0.2, -0.15) is 0 Å². The molecule has 0 aromatic heterocycles. The zero-order valence-electron chi connectivity index (χ0n) is 17.7. The number of carbonyl (C=O) groups excluding carboxylic acids is 2. The van der Waals surface area contributed by atoms with Crippen molar-refractivity contribution in [2.75, 3.05) is 66.1 Å². The molecule has 0 aromatic rings. The summed E-state index contributed by atoms with van der Waals surface area (Å²) in [6.45, 7) is 12.6. The van der Waals surface area contributed by atoms with Crippen LogP contribution >= 0.6 is 24.0 Å². The molecule has 2 N–H and O–H groups in total. The summed E-state index contributed by atoms with van der Waals surface area (Å²) in [4.78, 5) is 32.4. The van der Waals surface area contributed by atoms with Crippen molar-refractivity contribution >= 4 is 41.8 Å². The molecule has 1 fully saturated rings. The summed E-state index contributed by atoms with van der Waals surface area (Å²) in [6.07, 6.45) is 0. The molecule has 1 aliphatic rings. The molecule has 1 saturated heterocycles. The van der Waals surface area contributed by atoms with Crippen LogP contribution in [0.15, 0.2) is 4.99 Å². The van der Waals surface area contributed by atoms with Crippen LogP contribution in [0, 0.1) is 0 Å². The molecule has 1 aliphatic heterocycles. The second-order valence-corrected chi connectivity index (χ2v) is 7.36. The lowest BCUT2D eigenvalue weighted by Crippen LogP contribution is -2.54. The van der Waals surface area contributed by atoms with Gasteiger partial charge in [-0.15, -0.1) is 24.0 Å². The Morgan fingerprint density at radius 3 is 2.29 bits per heavy atom. The SMILES string of the molecule is CCNC(=NCC(=O)OC(C)(C)C)N1CCN(CC(=O)NCCOC)CC1.I. The van der Waals surface area contributed by atoms with E-state index >= 15 is 0 Å². The first-order valence-corrected chi connectivity index (χ1v) is 9.48. The van der Waals surface area contributed by atoms with Gasteiger partial charge in [-0.3, -0.25) is 14.5 Å². The number of hydrogen-bond donors (Lipinski definition) is 2. The molecule has 0 radical (unpaired) electrons. The second-order valence-electron chi connectivity index (χ2n) is 7.36. The maximum Gasteiger partial charge on any atom is 0.328 e. The first kappa shape index (κ1) is 26.9. The van der Waals surface area contributed by atoms with E-state index in [0.29, 0.717) is 25.7 Å². The Labute approximate surface area is 185 Å². The number of nitrogens with one attached hydrogen (secondary N) is 2. The van der Waals surface area contributed by atoms with Gasteiger partial charge in [0.1, 0.15) is 12.1 Å². The molecule has 164 valence electrons. The Morgan fingerprint density at radius 2 is 1.75 bits per heavy atom. The summed E-state index contributed by atoms with van der Waals surface area (Å²) < 4.78 is 10.2. The number of ether oxygens (including phenoxy) is 2. The maximum atomic E-state index is 11.9. The molecule has 9 nitrogen and oxygen atoms in total. The van der Waals surface area contributed by atoms with Gasteiger partial charge in [0.05, 0.1) is 13.2 Å². The van der Waals surface area contributed by atoms with E-state index in [1.807, 2.05) is 27.7 Å². The topological polar surface area (TPSA) is 95.5 Å². The highest BCUT2D eigenvalue weighted by atomic mass is 127. The monoisotopic (exact) mass is 513 g/mol. The van der Waals surface area contributed by atoms with Crippen molar-refractivity contribution in [2.24, 2.45) is 4.99 Å². The van der Waals surface area contributed by atoms with E-state index in [2.05, 4.69) is 25.4 Å². The Bertz CT molecular complexity index is 503. The van der Waals surface area contributed by atoms with Crippen molar-refractivity contribution in [1.82, 2.24) is 20.4 Å². The number of guanidine groups is 1. The largest absolute Gasteiger partial charge is 0.459 e. The van der Waals surface area contributed by atoms with Gasteiger partial charge in [-0.25, -0.2) is 4.99 Å². The molecule has 0 atom stereocenters. The van der Waals surface area contributed by atoms with Crippen LogP contribution in [0.4, 0.5) is 0 Å². The van der Waals surface area contributed by atoms with Crippen molar-refractivity contribution in [2.45, 2.75) is 33.3 Å². The van der Waals surface area contributed by atoms with Crippen LogP contribution in [0.25, 0.3) is 0 Å². The lowest BCUT2D eigenvalue weighted by Gasteiger charge is -2.36. The first-order valence-electron chi connectivity index (χ1n) is 9.48. The standard InChI is InChI=1S/C18H35N5O4.HI/c1-6-19-17(21-13-16(25)27-18(2,3)4)23-10-8-22(9-11-23)14-15(24)20-7-12-26-5;/h6-14H2,1-5H3,(H,19,21)(H,20,24);1H. The fourth-order valence-electron chi connectivity index (χ4n) is 2.61. The lowest BCUT2D eigenvalue weighted by atomic mass is 10.2. The number of aliphatic imine (C=N–C) groups is 1. The molecule has 0 unspecified atom stereocenters. The molecule has 0 aromatic carbocycles. The summed E-state index contributed by atoms with van der Waals surface area (Å²) in [5.74, 6) is 0.364. The van der Waals surface area contributed by atoms with E-state index in [1.165, 1.54) is 0 Å². The molecule has 0 bridgehead atoms. The van der Waals surface area contributed by atoms with Crippen LogP contribution in [-0.4, -0.2) is 99.3 Å². The minimum absolute atomic E-state index is 0. The molecular weight excluding hydrogens is 477 g/mol. The Hall–Kier alpha value is -1.14. The summed E-state index contributed by atoms with van der Waals surface area (Å²) in [5, 5.41) is 6.05. The van der Waals surface area contributed by atoms with Gasteiger partial charge in [-0.05, 0) is 27.7 Å². The average Bonchev–Trinajstić information content (AvgIpc) is 2.58. The van der Waals surface area contributed by atoms with Crippen molar-refractivity contribution in [3.8, 4) is 0 Å². The van der Waals surface area contributed by atoms with E-state index in [9.17, 15) is 9.59 Å². The van der Waals surface area contributed by atoms with Crippen LogP contribution in [0.2, 0.25) is 0 Å². The van der Waals surface area contributed by atoms with Gasteiger partial charge in [0.2, 0.25) is 5.91 Å². The highest BCUT2D eigenvalue weighted by Crippen LogP contribution is 2.07. The lowest BCUT2D eigenvalue weighted by molar-refractivity contribution is -0.152. The number of halogens is 1. The van der Waals surface area contributed by atoms with Gasteiger partial charge < -0.3 is 25.0 Å². The van der Waals surface area contributed by atoms with Crippen LogP contribution in [0.3, 0.4) is 0 Å². The van der Waals surface area contributed by atoms with Crippen LogP contribution in [0.5, 0.6) is 0 Å². The van der Waals surface area contributed by atoms with Crippen LogP contribution in [0.1, 0.15) is 27.7 Å². The number of carbonyl (C=O) groups is 2. The van der Waals surface area contributed by atoms with Gasteiger partial charge in [-0.1, -0.05) is 0 Å². The fraction of sp³-hybridized carbons (Fsp3) is 0.833. The molecule has 10 heteroatoms. The van der Waals surface area contributed by atoms with Crippen LogP contribution in [-0.2, 0) is 19.1 Å². The zero-order valence-corrected chi connectivity index (χ0v) is 20.1. The average molecular weight is 513 g/mol. The first-order chi connectivity index (χ1) is 12.7. The third-order valence-corrected chi connectivity index (χ3v) is 3.78. The van der Waals surface area contributed by atoms with Crippen molar-refractivity contribution in [1.29, 1.82) is 0 Å². The Morgan fingerprint density at radius 1 is 1.11 bits per heavy atom. The summed E-state index contributed by atoms with van der Waals surface area (Å²) in [7, 11) is 1.61. The number of hydrogen-bond acceptors (Lipinski definition) is 6. The number of esters is 1. The predicted molar refractivity (Wildman–Crippen MR) is 120 cm³/mol. The molecular formula is C18H36IN5O4. The van der Waals surface area contributed by atoms with E-state index in [-0.39, 0.29) is 42.4 Å². The summed E-state index contributed by atoms with van der Waals surface area (Å²) in [6, 6.07) is 0. The van der Waals surface area contributed by atoms with Crippen LogP contribution < -0.4 is 10.6 Å². The van der Waals surface area contributed by atoms with Gasteiger partial charge in [0.15, 0.2) is 5.96 Å². The van der Waals surface area contributed by atoms with E-state index < -0.39 is 5.60 Å². The zero-order chi connectivity index (χ0) is 20.3. The quantitative estimate of drug-likeness (QED) is 0.159. The van der Waals surface area contributed by atoms with Gasteiger partial charge in [0, 0.05) is 46.4 Å². The maximum absolute atomic E-state index is 11.9. The smallest absolute Gasteiger partial charge is 0.328 e. The number of methoxy groups -OCH3 is 1. The van der Waals surface area contributed by atoms with E-state index in [4.69, 9.17) is 9.47 Å². The predicted octanol–water partition coefficient (Wildman–Crippen LogP) is 0.292. The van der Waals surface area contributed by atoms with E-state index in [0.717, 1.165) is 32.7 Å². The van der Waals surface area contributed by atoms with Gasteiger partial charge >= 0.3 is 5.97 Å². The minimum Gasteiger partial charge on any atom is -0.459 e. The number of nitrogens with zero attached hydrogens (tertiary/aromatic N) is 3. The Kier molecular flexibility index (Phi) is 13.4. The molecule has 1 rings (SSSR count). The minimum atomic E-state index is -0.513. The molecule has 1 amide bonds. The van der Waals surface area contributed by atoms with E-state index in [1.54, 1.807) is 7.11 Å². The number of amides is 1. The van der Waals surface area contributed by atoms with Crippen molar-refractivity contribution in [3.63, 3.8) is 0 Å². The number of piperazine rings is 1. The molecule has 28 heavy (non-hydrogen) atoms. The number of rotatable bonds is 8. The summed E-state index contributed by atoms with van der Waals surface area (Å²) >= 11 is 0. The third-order valence-electron chi connectivity index (χ3n) is 3.78. The molecule has 1 heterocycles. The third kappa shape index (κ3) is 11.6. The second kappa shape index (κ2) is 13.9. The highest BCUT2D eigenvalue weighted by molar-refractivity contribution is 14.0. The summed E-state index contributed by atoms with van der Waals surface area (Å²) in [5.41, 5.74) is -0.513. The molecule has 0 saturated carbocycles. The van der Waals surface area contributed by atoms with Crippen molar-refractivity contribution < 1.29 is 19.1 Å². The fourth-order valence-corrected chi connectivity index (χ4v) is 2.61. The molecule has 0 aliphatic carbocycles. The highest BCUT2D eigenvalue weighted by Gasteiger charge is 2.22. The molecule has 0 spiro atoms. The van der Waals surface area contributed by atoms with Gasteiger partial charge in [0.25, 0.3) is 0 Å². The Balaban J connectivity index is 0.00000729.